The van der Waals surface area contributed by atoms with Gasteiger partial charge in [-0.2, -0.15) is 0 Å². The van der Waals surface area contributed by atoms with Crippen molar-refractivity contribution in [2.45, 2.75) is 20.8 Å². The van der Waals surface area contributed by atoms with E-state index in [1.54, 1.807) is 19.9 Å². The number of nitrogen functional groups attached to an aromatic ring is 1. The van der Waals surface area contributed by atoms with E-state index < -0.39 is 0 Å². The maximum absolute atomic E-state index is 13.1. The molecule has 5 heteroatoms. The van der Waals surface area contributed by atoms with Crippen LogP contribution in [-0.2, 0) is 0 Å². The molecule has 0 fully saturated rings. The van der Waals surface area contributed by atoms with Crippen molar-refractivity contribution in [1.82, 2.24) is 9.97 Å². The minimum absolute atomic E-state index is 0.200. The highest BCUT2D eigenvalue weighted by Gasteiger charge is 2.16. The third kappa shape index (κ3) is 2.45. The lowest BCUT2D eigenvalue weighted by Gasteiger charge is -2.11. The quantitative estimate of drug-likeness (QED) is 0.842. The highest BCUT2D eigenvalue weighted by Crippen LogP contribution is 2.29. The first-order valence-electron chi connectivity index (χ1n) is 5.81. The fourth-order valence-corrected chi connectivity index (χ4v) is 1.95. The Morgan fingerprint density at radius 3 is 2.53 bits per heavy atom. The summed E-state index contributed by atoms with van der Waals surface area (Å²) in [6.07, 6.45) is 0. The molecule has 0 saturated heterocycles. The Kier molecular flexibility index (Phi) is 3.29. The maximum atomic E-state index is 13.1. The molecule has 0 aliphatic rings. The smallest absolute Gasteiger partial charge is 0.180 e. The largest absolute Gasteiger partial charge is 0.395 e. The zero-order valence-electron chi connectivity index (χ0n) is 11.0. The van der Waals surface area contributed by atoms with Gasteiger partial charge in [0.25, 0.3) is 0 Å². The number of halogens is 1. The number of hydrogen-bond acceptors (Lipinski definition) is 4. The molecular formula is C14H14FN3O. The van der Waals surface area contributed by atoms with Gasteiger partial charge in [0.2, 0.25) is 0 Å². The number of nitrogens with two attached hydrogens (primary N) is 1. The highest BCUT2D eigenvalue weighted by atomic mass is 19.1. The van der Waals surface area contributed by atoms with E-state index in [4.69, 9.17) is 5.73 Å². The number of aryl methyl sites for hydroxylation is 2. The Morgan fingerprint density at radius 2 is 1.95 bits per heavy atom. The van der Waals surface area contributed by atoms with Gasteiger partial charge in [-0.15, -0.1) is 0 Å². The molecule has 1 aromatic carbocycles. The number of nitrogens with zero attached hydrogens (tertiary/aromatic N) is 2. The molecule has 4 nitrogen and oxygen atoms in total. The third-order valence-electron chi connectivity index (χ3n) is 2.83. The van der Waals surface area contributed by atoms with Gasteiger partial charge in [0, 0.05) is 12.5 Å². The standard InChI is InChI=1S/C14H14FN3O/c1-7-6-10(15)4-5-11(7)14-12(16)13(8(2)19)17-9(3)18-14/h4-6H,16H2,1-3H3. The van der Waals surface area contributed by atoms with Gasteiger partial charge in [-0.25, -0.2) is 14.4 Å². The van der Waals surface area contributed by atoms with E-state index in [2.05, 4.69) is 9.97 Å². The van der Waals surface area contributed by atoms with Crippen LogP contribution < -0.4 is 5.73 Å². The van der Waals surface area contributed by atoms with Crippen LogP contribution in [0.25, 0.3) is 11.3 Å². The van der Waals surface area contributed by atoms with Crippen molar-refractivity contribution >= 4 is 11.5 Å². The summed E-state index contributed by atoms with van der Waals surface area (Å²) in [5, 5.41) is 0. The van der Waals surface area contributed by atoms with E-state index in [1.165, 1.54) is 19.1 Å². The van der Waals surface area contributed by atoms with Crippen molar-refractivity contribution in [3.05, 3.63) is 41.1 Å². The van der Waals surface area contributed by atoms with Gasteiger partial charge < -0.3 is 5.73 Å². The Balaban J connectivity index is 2.72. The van der Waals surface area contributed by atoms with Gasteiger partial charge in [0.15, 0.2) is 5.78 Å². The Morgan fingerprint density at radius 1 is 1.26 bits per heavy atom. The lowest BCUT2D eigenvalue weighted by Crippen LogP contribution is -2.09. The molecule has 2 aromatic rings. The number of carbonyl (C=O) groups excluding carboxylic acids is 1. The predicted octanol–water partition coefficient (Wildman–Crippen LogP) is 2.68. The Labute approximate surface area is 110 Å². The summed E-state index contributed by atoms with van der Waals surface area (Å²) in [6, 6.07) is 4.35. The van der Waals surface area contributed by atoms with Crippen molar-refractivity contribution in [1.29, 1.82) is 0 Å². The van der Waals surface area contributed by atoms with Crippen LogP contribution in [0.3, 0.4) is 0 Å². The first kappa shape index (κ1) is 13.1. The second-order valence-electron chi connectivity index (χ2n) is 4.40. The van der Waals surface area contributed by atoms with Crippen LogP contribution >= 0.6 is 0 Å². The van der Waals surface area contributed by atoms with Crippen molar-refractivity contribution in [3.8, 4) is 11.3 Å². The minimum Gasteiger partial charge on any atom is -0.395 e. The summed E-state index contributed by atoms with van der Waals surface area (Å²) in [5.74, 6) is -0.0838. The number of ketones is 1. The predicted molar refractivity (Wildman–Crippen MR) is 71.3 cm³/mol. The SMILES string of the molecule is CC(=O)c1nc(C)nc(-c2ccc(F)cc2C)c1N. The summed E-state index contributed by atoms with van der Waals surface area (Å²) in [5.41, 5.74) is 8.26. The Hall–Kier alpha value is -2.30. The normalized spacial score (nSPS) is 10.5. The number of rotatable bonds is 2. The average molecular weight is 259 g/mol. The van der Waals surface area contributed by atoms with Gasteiger partial charge in [0.1, 0.15) is 17.3 Å². The molecule has 0 aliphatic carbocycles. The van der Waals surface area contributed by atoms with Gasteiger partial charge in [-0.05, 0) is 37.6 Å². The maximum Gasteiger partial charge on any atom is 0.180 e. The van der Waals surface area contributed by atoms with Gasteiger partial charge >= 0.3 is 0 Å². The van der Waals surface area contributed by atoms with Crippen molar-refractivity contribution in [2.75, 3.05) is 5.73 Å². The summed E-state index contributed by atoms with van der Waals surface area (Å²) < 4.78 is 13.1. The summed E-state index contributed by atoms with van der Waals surface area (Å²) in [4.78, 5) is 19.8. The molecule has 1 heterocycles. The zero-order valence-corrected chi connectivity index (χ0v) is 11.0. The average Bonchev–Trinajstić information content (AvgIpc) is 2.32. The van der Waals surface area contributed by atoms with E-state index in [-0.39, 0.29) is 23.0 Å². The monoisotopic (exact) mass is 259 g/mol. The molecule has 19 heavy (non-hydrogen) atoms. The number of anilines is 1. The molecule has 0 radical (unpaired) electrons. The van der Waals surface area contributed by atoms with Gasteiger partial charge in [-0.1, -0.05) is 0 Å². The fourth-order valence-electron chi connectivity index (χ4n) is 1.95. The summed E-state index contributed by atoms with van der Waals surface area (Å²) in [6.45, 7) is 4.86. The molecule has 0 bridgehead atoms. The summed E-state index contributed by atoms with van der Waals surface area (Å²) in [7, 11) is 0. The third-order valence-corrected chi connectivity index (χ3v) is 2.83. The van der Waals surface area contributed by atoms with Crippen LogP contribution in [0, 0.1) is 19.7 Å². The lowest BCUT2D eigenvalue weighted by atomic mass is 10.0. The number of Topliss-reactive ketones (excluding diaryl/α,β-unsaturated/α-hetero) is 1. The van der Waals surface area contributed by atoms with E-state index >= 15 is 0 Å². The number of benzene rings is 1. The highest BCUT2D eigenvalue weighted by molar-refractivity contribution is 6.00. The first-order chi connectivity index (χ1) is 8.90. The topological polar surface area (TPSA) is 68.9 Å². The number of aromatic nitrogens is 2. The first-order valence-corrected chi connectivity index (χ1v) is 5.81. The van der Waals surface area contributed by atoms with Crippen molar-refractivity contribution < 1.29 is 9.18 Å². The lowest BCUT2D eigenvalue weighted by molar-refractivity contribution is 0.101. The van der Waals surface area contributed by atoms with Gasteiger partial charge in [0.05, 0.1) is 11.4 Å². The molecule has 1 aromatic heterocycles. The van der Waals surface area contributed by atoms with E-state index in [1.807, 2.05) is 0 Å². The van der Waals surface area contributed by atoms with Gasteiger partial charge in [-0.3, -0.25) is 4.79 Å². The van der Waals surface area contributed by atoms with Crippen LogP contribution in [0.1, 0.15) is 28.8 Å². The van der Waals surface area contributed by atoms with Crippen LogP contribution in [0.5, 0.6) is 0 Å². The molecule has 0 unspecified atom stereocenters. The van der Waals surface area contributed by atoms with Crippen molar-refractivity contribution in [2.24, 2.45) is 0 Å². The fraction of sp³-hybridized carbons (Fsp3) is 0.214. The van der Waals surface area contributed by atoms with E-state index in [0.717, 1.165) is 0 Å². The molecule has 2 rings (SSSR count). The Bertz CT molecular complexity index is 668. The van der Waals surface area contributed by atoms with E-state index in [0.29, 0.717) is 22.6 Å². The second-order valence-corrected chi connectivity index (χ2v) is 4.40. The number of carbonyl (C=O) groups is 1. The summed E-state index contributed by atoms with van der Waals surface area (Å²) >= 11 is 0. The minimum atomic E-state index is -0.322. The van der Waals surface area contributed by atoms with Crippen LogP contribution in [0.2, 0.25) is 0 Å². The van der Waals surface area contributed by atoms with Crippen LogP contribution in [0.4, 0.5) is 10.1 Å². The molecule has 2 N–H and O–H groups in total. The molecule has 0 amide bonds. The van der Waals surface area contributed by atoms with Crippen LogP contribution in [0.15, 0.2) is 18.2 Å². The molecular weight excluding hydrogens is 245 g/mol. The molecule has 0 saturated carbocycles. The van der Waals surface area contributed by atoms with Crippen LogP contribution in [-0.4, -0.2) is 15.8 Å². The molecule has 0 spiro atoms. The molecule has 0 aliphatic heterocycles. The van der Waals surface area contributed by atoms with Crippen molar-refractivity contribution in [3.63, 3.8) is 0 Å². The molecule has 0 atom stereocenters. The zero-order chi connectivity index (χ0) is 14.2. The second kappa shape index (κ2) is 4.76. The number of hydrogen-bond donors (Lipinski definition) is 1. The molecule has 98 valence electrons. The van der Waals surface area contributed by atoms with E-state index in [9.17, 15) is 9.18 Å².